The van der Waals surface area contributed by atoms with Crippen molar-refractivity contribution in [2.24, 2.45) is 0 Å². The van der Waals surface area contributed by atoms with Gasteiger partial charge in [0.1, 0.15) is 5.75 Å². The standard InChI is InChI=1S/C27H18O6/c28-25(19-10-4-1-5-11-19)31-22-16-17-23(32-26(29)20-12-6-2-7-13-20)24(18-22)33-27(30)21-14-8-3-9-15-21/h1-18H. The molecule has 0 fully saturated rings. The number of rotatable bonds is 6. The Labute approximate surface area is 190 Å². The summed E-state index contributed by atoms with van der Waals surface area (Å²) >= 11 is 0. The molecule has 6 nitrogen and oxygen atoms in total. The molecular weight excluding hydrogens is 420 g/mol. The van der Waals surface area contributed by atoms with Gasteiger partial charge in [0.2, 0.25) is 0 Å². The smallest absolute Gasteiger partial charge is 0.343 e. The highest BCUT2D eigenvalue weighted by atomic mass is 16.6. The summed E-state index contributed by atoms with van der Waals surface area (Å²) in [5.41, 5.74) is 1.00. The maximum atomic E-state index is 12.6. The van der Waals surface area contributed by atoms with E-state index in [4.69, 9.17) is 14.2 Å². The number of ether oxygens (including phenoxy) is 3. The van der Waals surface area contributed by atoms with Crippen LogP contribution in [0.2, 0.25) is 0 Å². The quantitative estimate of drug-likeness (QED) is 0.299. The summed E-state index contributed by atoms with van der Waals surface area (Å²) in [6.45, 7) is 0. The average molecular weight is 438 g/mol. The first-order valence-electron chi connectivity index (χ1n) is 10.1. The van der Waals surface area contributed by atoms with Crippen molar-refractivity contribution in [3.63, 3.8) is 0 Å². The molecule has 0 saturated heterocycles. The highest BCUT2D eigenvalue weighted by Gasteiger charge is 2.18. The second-order valence-corrected chi connectivity index (χ2v) is 6.88. The zero-order chi connectivity index (χ0) is 23.0. The van der Waals surface area contributed by atoms with Crippen LogP contribution in [0.25, 0.3) is 0 Å². The van der Waals surface area contributed by atoms with Crippen LogP contribution in [0.4, 0.5) is 0 Å². The van der Waals surface area contributed by atoms with Crippen molar-refractivity contribution in [3.05, 3.63) is 126 Å². The maximum Gasteiger partial charge on any atom is 0.343 e. The van der Waals surface area contributed by atoms with Gasteiger partial charge in [-0.05, 0) is 48.5 Å². The molecule has 0 aliphatic rings. The Bertz CT molecular complexity index is 1270. The number of hydrogen-bond acceptors (Lipinski definition) is 6. The fourth-order valence-corrected chi connectivity index (χ4v) is 2.92. The minimum Gasteiger partial charge on any atom is -0.423 e. The fourth-order valence-electron chi connectivity index (χ4n) is 2.92. The van der Waals surface area contributed by atoms with Crippen LogP contribution in [0.5, 0.6) is 17.2 Å². The van der Waals surface area contributed by atoms with E-state index >= 15 is 0 Å². The summed E-state index contributed by atoms with van der Waals surface area (Å²) < 4.78 is 16.3. The molecule has 0 unspecified atom stereocenters. The van der Waals surface area contributed by atoms with Crippen LogP contribution in [0.15, 0.2) is 109 Å². The predicted octanol–water partition coefficient (Wildman–Crippen LogP) is 5.34. The maximum absolute atomic E-state index is 12.6. The summed E-state index contributed by atoms with van der Waals surface area (Å²) in [6.07, 6.45) is 0. The number of hydrogen-bond donors (Lipinski definition) is 0. The largest absolute Gasteiger partial charge is 0.423 e. The first-order chi connectivity index (χ1) is 16.1. The monoisotopic (exact) mass is 438 g/mol. The Morgan fingerprint density at radius 1 is 0.424 bits per heavy atom. The number of esters is 3. The lowest BCUT2D eigenvalue weighted by Gasteiger charge is -2.13. The van der Waals surface area contributed by atoms with Gasteiger partial charge in [0, 0.05) is 6.07 Å². The Balaban J connectivity index is 1.61. The van der Waals surface area contributed by atoms with Gasteiger partial charge in [-0.1, -0.05) is 54.6 Å². The molecule has 0 amide bonds. The van der Waals surface area contributed by atoms with Crippen molar-refractivity contribution >= 4 is 17.9 Å². The Morgan fingerprint density at radius 3 is 1.27 bits per heavy atom. The number of benzene rings is 4. The first-order valence-corrected chi connectivity index (χ1v) is 10.1. The number of carbonyl (C=O) groups is 3. The van der Waals surface area contributed by atoms with Crippen LogP contribution < -0.4 is 14.2 Å². The molecule has 0 saturated carbocycles. The molecular formula is C27H18O6. The molecule has 4 aromatic carbocycles. The average Bonchev–Trinajstić information content (AvgIpc) is 2.87. The molecule has 0 radical (unpaired) electrons. The summed E-state index contributed by atoms with van der Waals surface area (Å²) in [5, 5.41) is 0. The van der Waals surface area contributed by atoms with Crippen LogP contribution in [0.3, 0.4) is 0 Å². The van der Waals surface area contributed by atoms with E-state index in [2.05, 4.69) is 0 Å². The highest BCUT2D eigenvalue weighted by Crippen LogP contribution is 2.33. The second-order valence-electron chi connectivity index (χ2n) is 6.88. The summed E-state index contributed by atoms with van der Waals surface area (Å²) in [7, 11) is 0. The van der Waals surface area contributed by atoms with Crippen molar-refractivity contribution < 1.29 is 28.6 Å². The Kier molecular flexibility index (Phi) is 6.56. The van der Waals surface area contributed by atoms with Crippen molar-refractivity contribution in [2.75, 3.05) is 0 Å². The summed E-state index contributed by atoms with van der Waals surface area (Å²) in [5.74, 6) is -1.79. The van der Waals surface area contributed by atoms with Crippen LogP contribution in [0.1, 0.15) is 31.1 Å². The fraction of sp³-hybridized carbons (Fsp3) is 0. The summed E-state index contributed by atoms with van der Waals surface area (Å²) in [4.78, 5) is 37.5. The van der Waals surface area contributed by atoms with E-state index in [0.717, 1.165) is 0 Å². The van der Waals surface area contributed by atoms with E-state index in [1.165, 1.54) is 18.2 Å². The molecule has 0 aliphatic carbocycles. The van der Waals surface area contributed by atoms with Gasteiger partial charge < -0.3 is 14.2 Å². The van der Waals surface area contributed by atoms with Crippen LogP contribution in [0, 0.1) is 0 Å². The summed E-state index contributed by atoms with van der Waals surface area (Å²) in [6, 6.07) is 29.4. The van der Waals surface area contributed by atoms with Gasteiger partial charge in [-0.3, -0.25) is 0 Å². The van der Waals surface area contributed by atoms with Gasteiger partial charge in [0.15, 0.2) is 11.5 Å². The molecule has 162 valence electrons. The third-order valence-electron chi connectivity index (χ3n) is 4.56. The molecule has 0 aromatic heterocycles. The molecule has 0 heterocycles. The Morgan fingerprint density at radius 2 is 0.818 bits per heavy atom. The number of carbonyl (C=O) groups excluding carboxylic acids is 3. The van der Waals surface area contributed by atoms with E-state index in [1.54, 1.807) is 91.0 Å². The van der Waals surface area contributed by atoms with Gasteiger partial charge in [-0.2, -0.15) is 0 Å². The molecule has 0 aliphatic heterocycles. The van der Waals surface area contributed by atoms with Crippen LogP contribution in [-0.2, 0) is 0 Å². The molecule has 6 heteroatoms. The molecule has 0 bridgehead atoms. The molecule has 0 atom stereocenters. The minimum atomic E-state index is -0.654. The van der Waals surface area contributed by atoms with Gasteiger partial charge in [-0.25, -0.2) is 14.4 Å². The lowest BCUT2D eigenvalue weighted by molar-refractivity contribution is 0.0679. The van der Waals surface area contributed by atoms with Crippen LogP contribution in [-0.4, -0.2) is 17.9 Å². The Hall–Kier alpha value is -4.71. The predicted molar refractivity (Wildman–Crippen MR) is 121 cm³/mol. The van der Waals surface area contributed by atoms with Crippen molar-refractivity contribution in [1.29, 1.82) is 0 Å². The lowest BCUT2D eigenvalue weighted by Crippen LogP contribution is -2.13. The zero-order valence-corrected chi connectivity index (χ0v) is 17.3. The van der Waals surface area contributed by atoms with Gasteiger partial charge in [-0.15, -0.1) is 0 Å². The van der Waals surface area contributed by atoms with E-state index < -0.39 is 17.9 Å². The third-order valence-corrected chi connectivity index (χ3v) is 4.56. The topological polar surface area (TPSA) is 78.9 Å². The normalized spacial score (nSPS) is 10.2. The minimum absolute atomic E-state index is 0.00708. The van der Waals surface area contributed by atoms with Crippen LogP contribution >= 0.6 is 0 Å². The molecule has 0 spiro atoms. The molecule has 4 rings (SSSR count). The lowest BCUT2D eigenvalue weighted by atomic mass is 10.2. The van der Waals surface area contributed by atoms with Crippen molar-refractivity contribution in [2.45, 2.75) is 0 Å². The van der Waals surface area contributed by atoms with E-state index in [-0.39, 0.29) is 17.2 Å². The molecule has 33 heavy (non-hydrogen) atoms. The van der Waals surface area contributed by atoms with Crippen molar-refractivity contribution in [1.82, 2.24) is 0 Å². The van der Waals surface area contributed by atoms with E-state index in [0.29, 0.717) is 16.7 Å². The highest BCUT2D eigenvalue weighted by molar-refractivity contribution is 5.94. The molecule has 0 N–H and O–H groups in total. The van der Waals surface area contributed by atoms with Gasteiger partial charge in [0.05, 0.1) is 16.7 Å². The first kappa shape index (κ1) is 21.5. The van der Waals surface area contributed by atoms with E-state index in [1.807, 2.05) is 0 Å². The second kappa shape index (κ2) is 10.1. The SMILES string of the molecule is O=C(Oc1ccc(OC(=O)c2ccccc2)c(OC(=O)c2ccccc2)c1)c1ccccc1. The van der Waals surface area contributed by atoms with E-state index in [9.17, 15) is 14.4 Å². The van der Waals surface area contributed by atoms with Gasteiger partial charge >= 0.3 is 17.9 Å². The molecule has 4 aromatic rings. The van der Waals surface area contributed by atoms with Gasteiger partial charge in [0.25, 0.3) is 0 Å². The zero-order valence-electron chi connectivity index (χ0n) is 17.3. The third kappa shape index (κ3) is 5.51. The van der Waals surface area contributed by atoms with Crippen molar-refractivity contribution in [3.8, 4) is 17.2 Å².